The number of nitrogens with one attached hydrogen (secondary N) is 1. The number of anilines is 1. The maximum atomic E-state index is 14.0. The van der Waals surface area contributed by atoms with Gasteiger partial charge >= 0.3 is 5.97 Å². The quantitative estimate of drug-likeness (QED) is 0.414. The van der Waals surface area contributed by atoms with Crippen molar-refractivity contribution in [1.29, 1.82) is 0 Å². The summed E-state index contributed by atoms with van der Waals surface area (Å²) in [5, 5.41) is 8.27. The van der Waals surface area contributed by atoms with Crippen molar-refractivity contribution in [2.24, 2.45) is 0 Å². The van der Waals surface area contributed by atoms with Gasteiger partial charge in [0, 0.05) is 11.4 Å². The normalized spacial score (nSPS) is 15.2. The summed E-state index contributed by atoms with van der Waals surface area (Å²) < 4.78 is 26.2. The van der Waals surface area contributed by atoms with E-state index < -0.39 is 12.0 Å². The molecule has 1 unspecified atom stereocenters. The number of benzene rings is 2. The van der Waals surface area contributed by atoms with Crippen LogP contribution in [0.1, 0.15) is 31.0 Å². The molecule has 9 heteroatoms. The second-order valence-corrected chi connectivity index (χ2v) is 8.04. The summed E-state index contributed by atoms with van der Waals surface area (Å²) in [6.45, 7) is 3.84. The molecule has 166 valence electrons. The average Bonchev–Trinajstić information content (AvgIpc) is 3.20. The predicted molar refractivity (Wildman–Crippen MR) is 120 cm³/mol. The maximum Gasteiger partial charge on any atom is 0.338 e. The summed E-state index contributed by atoms with van der Waals surface area (Å²) in [5.41, 5.74) is 2.52. The first-order valence-electron chi connectivity index (χ1n) is 10.1. The third-order valence-electron chi connectivity index (χ3n) is 5.07. The Hall–Kier alpha value is -3.33. The van der Waals surface area contributed by atoms with Crippen molar-refractivity contribution in [3.63, 3.8) is 0 Å². The van der Waals surface area contributed by atoms with E-state index in [1.807, 2.05) is 31.2 Å². The SMILES string of the molecule is CCOC(=O)C1=C(C)Nc2nc(SCc3ccccc3F)nn2C1c1ccc(OC)cc1. The topological polar surface area (TPSA) is 78.3 Å². The Morgan fingerprint density at radius 1 is 1.22 bits per heavy atom. The van der Waals surface area contributed by atoms with E-state index in [9.17, 15) is 9.18 Å². The maximum absolute atomic E-state index is 14.0. The van der Waals surface area contributed by atoms with Gasteiger partial charge in [-0.2, -0.15) is 4.98 Å². The highest BCUT2D eigenvalue weighted by Gasteiger charge is 2.35. The zero-order valence-electron chi connectivity index (χ0n) is 18.0. The minimum absolute atomic E-state index is 0.263. The fraction of sp³-hybridized carbons (Fsp3) is 0.261. The van der Waals surface area contributed by atoms with Crippen LogP contribution in [0, 0.1) is 5.82 Å². The molecule has 4 rings (SSSR count). The van der Waals surface area contributed by atoms with Crippen molar-refractivity contribution in [3.05, 3.63) is 76.7 Å². The van der Waals surface area contributed by atoms with Crippen LogP contribution in [0.15, 0.2) is 65.0 Å². The Labute approximate surface area is 189 Å². The molecule has 1 aliphatic rings. The highest BCUT2D eigenvalue weighted by molar-refractivity contribution is 7.98. The van der Waals surface area contributed by atoms with Gasteiger partial charge in [0.2, 0.25) is 11.1 Å². The van der Waals surface area contributed by atoms with Gasteiger partial charge in [-0.25, -0.2) is 13.9 Å². The zero-order chi connectivity index (χ0) is 22.7. The number of nitrogens with zero attached hydrogens (tertiary/aromatic N) is 3. The standard InChI is InChI=1S/C23H23FN4O3S/c1-4-31-21(29)19-14(2)25-22-26-23(32-13-16-7-5-6-8-18(16)24)27-28(22)20(19)15-9-11-17(30-3)12-10-15/h5-12,20H,4,13H2,1-3H3,(H,25,26,27). The first kappa shape index (κ1) is 21.9. The molecule has 0 saturated carbocycles. The highest BCUT2D eigenvalue weighted by Crippen LogP contribution is 2.37. The molecule has 2 aromatic carbocycles. The number of methoxy groups -OCH3 is 1. The Bertz CT molecular complexity index is 1160. The third kappa shape index (κ3) is 4.34. The summed E-state index contributed by atoms with van der Waals surface area (Å²) in [6, 6.07) is 13.5. The number of aromatic nitrogens is 3. The Kier molecular flexibility index (Phi) is 6.45. The van der Waals surface area contributed by atoms with Gasteiger partial charge in [0.05, 0.1) is 19.3 Å². The molecule has 0 aliphatic carbocycles. The van der Waals surface area contributed by atoms with Crippen LogP contribution >= 0.6 is 11.8 Å². The van der Waals surface area contributed by atoms with Crippen LogP contribution in [0.3, 0.4) is 0 Å². The largest absolute Gasteiger partial charge is 0.497 e. The number of esters is 1. The van der Waals surface area contributed by atoms with Crippen LogP contribution in [0.2, 0.25) is 0 Å². The lowest BCUT2D eigenvalue weighted by molar-refractivity contribution is -0.139. The smallest absolute Gasteiger partial charge is 0.338 e. The van der Waals surface area contributed by atoms with E-state index in [0.717, 1.165) is 5.56 Å². The molecule has 0 spiro atoms. The number of thioether (sulfide) groups is 1. The van der Waals surface area contributed by atoms with Crippen molar-refractivity contribution in [2.45, 2.75) is 30.8 Å². The molecule has 2 heterocycles. The number of hydrogen-bond donors (Lipinski definition) is 1. The second-order valence-electron chi connectivity index (χ2n) is 7.10. The lowest BCUT2D eigenvalue weighted by atomic mass is 9.96. The number of fused-ring (bicyclic) bond motifs is 1. The second kappa shape index (κ2) is 9.44. The molecule has 0 radical (unpaired) electrons. The van der Waals surface area contributed by atoms with Crippen molar-refractivity contribution in [1.82, 2.24) is 14.8 Å². The van der Waals surface area contributed by atoms with E-state index in [0.29, 0.717) is 39.4 Å². The number of carbonyl (C=O) groups excluding carboxylic acids is 1. The van der Waals surface area contributed by atoms with E-state index >= 15 is 0 Å². The van der Waals surface area contributed by atoms with Crippen molar-refractivity contribution >= 4 is 23.7 Å². The van der Waals surface area contributed by atoms with Crippen molar-refractivity contribution in [2.75, 3.05) is 19.0 Å². The van der Waals surface area contributed by atoms with E-state index in [4.69, 9.17) is 9.47 Å². The molecule has 32 heavy (non-hydrogen) atoms. The number of halogens is 1. The molecule has 0 fully saturated rings. The van der Waals surface area contributed by atoms with E-state index in [2.05, 4.69) is 15.4 Å². The van der Waals surface area contributed by atoms with E-state index in [-0.39, 0.29) is 12.4 Å². The molecule has 1 aliphatic heterocycles. The Morgan fingerprint density at radius 2 is 1.97 bits per heavy atom. The molecular formula is C23H23FN4O3S. The van der Waals surface area contributed by atoms with Gasteiger partial charge in [0.25, 0.3) is 0 Å². The van der Waals surface area contributed by atoms with Crippen LogP contribution in [0.5, 0.6) is 5.75 Å². The molecule has 0 amide bonds. The summed E-state index contributed by atoms with van der Waals surface area (Å²) in [5.74, 6) is 0.925. The lowest BCUT2D eigenvalue weighted by Crippen LogP contribution is -2.29. The van der Waals surface area contributed by atoms with Gasteiger partial charge in [-0.1, -0.05) is 42.1 Å². The molecule has 7 nitrogen and oxygen atoms in total. The first-order chi connectivity index (χ1) is 15.5. The van der Waals surface area contributed by atoms with Gasteiger partial charge in [-0.05, 0) is 43.2 Å². The molecular weight excluding hydrogens is 431 g/mol. The molecule has 0 saturated heterocycles. The zero-order valence-corrected chi connectivity index (χ0v) is 18.8. The fourth-order valence-electron chi connectivity index (χ4n) is 3.52. The highest BCUT2D eigenvalue weighted by atomic mass is 32.2. The van der Waals surface area contributed by atoms with Crippen molar-refractivity contribution < 1.29 is 18.7 Å². The van der Waals surface area contributed by atoms with Gasteiger partial charge in [0.1, 0.15) is 17.6 Å². The van der Waals surface area contributed by atoms with Gasteiger partial charge in [-0.3, -0.25) is 0 Å². The van der Waals surface area contributed by atoms with Crippen LogP contribution < -0.4 is 10.1 Å². The van der Waals surface area contributed by atoms with E-state index in [1.54, 1.807) is 36.9 Å². The monoisotopic (exact) mass is 454 g/mol. The number of hydrogen-bond acceptors (Lipinski definition) is 7. The minimum Gasteiger partial charge on any atom is -0.497 e. The summed E-state index contributed by atoms with van der Waals surface area (Å²) >= 11 is 1.33. The van der Waals surface area contributed by atoms with Crippen LogP contribution in [0.25, 0.3) is 0 Å². The van der Waals surface area contributed by atoms with Gasteiger partial charge < -0.3 is 14.8 Å². The summed E-state index contributed by atoms with van der Waals surface area (Å²) in [4.78, 5) is 17.4. The van der Waals surface area contributed by atoms with Crippen LogP contribution in [0.4, 0.5) is 10.3 Å². The van der Waals surface area contributed by atoms with Crippen LogP contribution in [-0.4, -0.2) is 34.5 Å². The van der Waals surface area contributed by atoms with E-state index in [1.165, 1.54) is 17.8 Å². The molecule has 0 bridgehead atoms. The number of ether oxygens (including phenoxy) is 2. The predicted octanol–water partition coefficient (Wildman–Crippen LogP) is 4.57. The Balaban J connectivity index is 1.69. The minimum atomic E-state index is -0.522. The Morgan fingerprint density at radius 3 is 2.66 bits per heavy atom. The lowest BCUT2D eigenvalue weighted by Gasteiger charge is -2.28. The molecule has 1 N–H and O–H groups in total. The van der Waals surface area contributed by atoms with Gasteiger partial charge in [0.15, 0.2) is 0 Å². The van der Waals surface area contributed by atoms with Crippen LogP contribution in [-0.2, 0) is 15.3 Å². The van der Waals surface area contributed by atoms with Gasteiger partial charge in [-0.15, -0.1) is 5.10 Å². The number of rotatable bonds is 7. The number of allylic oxidation sites excluding steroid dienone is 1. The average molecular weight is 455 g/mol. The third-order valence-corrected chi connectivity index (χ3v) is 5.96. The number of carbonyl (C=O) groups is 1. The first-order valence-corrected chi connectivity index (χ1v) is 11.1. The van der Waals surface area contributed by atoms with Crippen molar-refractivity contribution in [3.8, 4) is 5.75 Å². The molecule has 1 atom stereocenters. The summed E-state index contributed by atoms with van der Waals surface area (Å²) in [6.07, 6.45) is 0. The molecule has 1 aromatic heterocycles. The fourth-order valence-corrected chi connectivity index (χ4v) is 4.33. The molecule has 3 aromatic rings. The summed E-state index contributed by atoms with van der Waals surface area (Å²) in [7, 11) is 1.60.